The molecule has 0 aromatic heterocycles. The maximum Gasteiger partial charge on any atom is 0.411 e. The number of hydrogen-bond donors (Lipinski definition) is 1. The van der Waals surface area contributed by atoms with E-state index in [4.69, 9.17) is 4.74 Å². The Hall–Kier alpha value is -2.29. The molecule has 1 fully saturated rings. The van der Waals surface area contributed by atoms with Crippen molar-refractivity contribution >= 4 is 17.7 Å². The molecule has 1 N–H and O–H groups in total. The minimum atomic E-state index is -4.19. The van der Waals surface area contributed by atoms with Crippen LogP contribution in [0.1, 0.15) is 23.2 Å². The zero-order valence-corrected chi connectivity index (χ0v) is 14.3. The molecule has 0 spiro atoms. The number of nitrogens with zero attached hydrogens (tertiary/aromatic N) is 1. The fraction of sp³-hybridized carbons (Fsp3) is 0.529. The highest BCUT2D eigenvalue weighted by Crippen LogP contribution is 2.23. The summed E-state index contributed by atoms with van der Waals surface area (Å²) in [5.74, 6) is -0.504. The lowest BCUT2D eigenvalue weighted by Gasteiger charge is -2.31. The van der Waals surface area contributed by atoms with Gasteiger partial charge in [-0.05, 0) is 50.0 Å². The van der Waals surface area contributed by atoms with E-state index in [1.165, 1.54) is 18.1 Å². The minimum absolute atomic E-state index is 0.0415. The number of carbonyl (C=O) groups excluding carboxylic acids is 2. The number of nitrogens with one attached hydrogen (secondary N) is 1. The minimum Gasteiger partial charge on any atom is -0.462 e. The van der Waals surface area contributed by atoms with Crippen LogP contribution in [-0.2, 0) is 9.47 Å². The molecule has 0 radical (unpaired) electrons. The van der Waals surface area contributed by atoms with Crippen LogP contribution >= 0.6 is 0 Å². The van der Waals surface area contributed by atoms with Crippen molar-refractivity contribution in [2.75, 3.05) is 38.7 Å². The second-order valence-electron chi connectivity index (χ2n) is 6.13. The Morgan fingerprint density at radius 1 is 1.27 bits per heavy atom. The van der Waals surface area contributed by atoms with Gasteiger partial charge in [0.1, 0.15) is 0 Å². The summed E-state index contributed by atoms with van der Waals surface area (Å²) in [4.78, 5) is 24.7. The lowest BCUT2D eigenvalue weighted by molar-refractivity contribution is -0.148. The molecule has 0 unspecified atom stereocenters. The van der Waals surface area contributed by atoms with Gasteiger partial charge >= 0.3 is 18.2 Å². The maximum absolute atomic E-state index is 12.4. The monoisotopic (exact) mass is 374 g/mol. The smallest absolute Gasteiger partial charge is 0.411 e. The Labute approximate surface area is 149 Å². The highest BCUT2D eigenvalue weighted by Gasteiger charge is 2.32. The van der Waals surface area contributed by atoms with Gasteiger partial charge in [-0.15, -0.1) is 0 Å². The van der Waals surface area contributed by atoms with E-state index < -0.39 is 24.8 Å². The summed E-state index contributed by atoms with van der Waals surface area (Å²) < 4.78 is 46.9. The number of anilines is 1. The van der Waals surface area contributed by atoms with Crippen LogP contribution in [0.5, 0.6) is 0 Å². The van der Waals surface area contributed by atoms with Crippen LogP contribution in [0.3, 0.4) is 0 Å². The number of alkyl halides is 3. The van der Waals surface area contributed by atoms with E-state index in [9.17, 15) is 22.8 Å². The fourth-order valence-corrected chi connectivity index (χ4v) is 2.73. The van der Waals surface area contributed by atoms with Gasteiger partial charge in [-0.1, -0.05) is 6.07 Å². The molecule has 144 valence electrons. The average Bonchev–Trinajstić information content (AvgIpc) is 2.59. The molecule has 26 heavy (non-hydrogen) atoms. The van der Waals surface area contributed by atoms with Crippen molar-refractivity contribution in [1.82, 2.24) is 4.90 Å². The molecular formula is C17H21F3N2O4. The summed E-state index contributed by atoms with van der Waals surface area (Å²) >= 11 is 0. The van der Waals surface area contributed by atoms with Crippen molar-refractivity contribution in [2.24, 2.45) is 5.92 Å². The molecule has 0 bridgehead atoms. The van der Waals surface area contributed by atoms with Crippen molar-refractivity contribution < 1.29 is 32.2 Å². The largest absolute Gasteiger partial charge is 0.462 e. The number of likely N-dealkylation sites (tertiary alicyclic amines) is 1. The first-order chi connectivity index (χ1) is 12.3. The highest BCUT2D eigenvalue weighted by atomic mass is 19.4. The third-order valence-corrected chi connectivity index (χ3v) is 4.09. The molecule has 1 aliphatic rings. The van der Waals surface area contributed by atoms with Gasteiger partial charge in [0.2, 0.25) is 0 Å². The van der Waals surface area contributed by atoms with Gasteiger partial charge in [-0.3, -0.25) is 10.2 Å². The van der Waals surface area contributed by atoms with Crippen LogP contribution in [0.4, 0.5) is 23.7 Å². The van der Waals surface area contributed by atoms with Gasteiger partial charge in [-0.2, -0.15) is 13.2 Å². The Morgan fingerprint density at radius 3 is 2.58 bits per heavy atom. The zero-order chi connectivity index (χ0) is 19.2. The standard InChI is InChI=1S/C17H21F3N2O4/c1-25-16(24)21-14-4-2-3-13(9-14)15(23)26-10-12-5-7-22(8-6-12)11-17(18,19)20/h2-4,9,12H,5-8,10-11H2,1H3,(H,21,24). The molecule has 0 atom stereocenters. The van der Waals surface area contributed by atoms with E-state index in [-0.39, 0.29) is 18.1 Å². The Balaban J connectivity index is 1.79. The summed E-state index contributed by atoms with van der Waals surface area (Å²) in [5.41, 5.74) is 0.667. The van der Waals surface area contributed by atoms with Crippen LogP contribution in [-0.4, -0.2) is 56.5 Å². The van der Waals surface area contributed by atoms with Gasteiger partial charge in [0.15, 0.2) is 0 Å². The first-order valence-corrected chi connectivity index (χ1v) is 8.18. The summed E-state index contributed by atoms with van der Waals surface area (Å²) in [7, 11) is 1.23. The molecule has 1 heterocycles. The number of carbonyl (C=O) groups is 2. The molecular weight excluding hydrogens is 353 g/mol. The third-order valence-electron chi connectivity index (χ3n) is 4.09. The molecule has 2 rings (SSSR count). The van der Waals surface area contributed by atoms with E-state index in [0.29, 0.717) is 31.6 Å². The summed E-state index contributed by atoms with van der Waals surface area (Å²) in [5, 5.41) is 2.45. The maximum atomic E-state index is 12.4. The Kier molecular flexibility index (Phi) is 6.84. The molecule has 1 saturated heterocycles. The molecule has 1 amide bonds. The molecule has 1 aromatic carbocycles. The first-order valence-electron chi connectivity index (χ1n) is 8.18. The number of benzene rings is 1. The molecule has 0 aliphatic carbocycles. The number of esters is 1. The predicted octanol–water partition coefficient (Wildman–Crippen LogP) is 3.30. The normalized spacial score (nSPS) is 16.2. The van der Waals surface area contributed by atoms with Crippen molar-refractivity contribution in [3.8, 4) is 0 Å². The fourth-order valence-electron chi connectivity index (χ4n) is 2.73. The molecule has 1 aliphatic heterocycles. The third kappa shape index (κ3) is 6.55. The number of hydrogen-bond acceptors (Lipinski definition) is 5. The highest BCUT2D eigenvalue weighted by molar-refractivity contribution is 5.92. The second-order valence-corrected chi connectivity index (χ2v) is 6.13. The van der Waals surface area contributed by atoms with Crippen LogP contribution in [0.25, 0.3) is 0 Å². The Bertz CT molecular complexity index is 629. The quantitative estimate of drug-likeness (QED) is 0.801. The van der Waals surface area contributed by atoms with Crippen LogP contribution in [0, 0.1) is 5.92 Å². The number of halogens is 3. The molecule has 9 heteroatoms. The zero-order valence-electron chi connectivity index (χ0n) is 14.3. The molecule has 1 aromatic rings. The van der Waals surface area contributed by atoms with E-state index >= 15 is 0 Å². The van der Waals surface area contributed by atoms with Gasteiger partial charge < -0.3 is 9.47 Å². The van der Waals surface area contributed by atoms with E-state index in [0.717, 1.165) is 0 Å². The second kappa shape index (κ2) is 8.88. The average molecular weight is 374 g/mol. The first kappa shape index (κ1) is 20.0. The summed E-state index contributed by atoms with van der Waals surface area (Å²) in [6, 6.07) is 6.21. The topological polar surface area (TPSA) is 67.9 Å². The van der Waals surface area contributed by atoms with E-state index in [1.54, 1.807) is 18.2 Å². The van der Waals surface area contributed by atoms with Crippen molar-refractivity contribution in [1.29, 1.82) is 0 Å². The summed E-state index contributed by atoms with van der Waals surface area (Å²) in [6.45, 7) is -0.0760. The van der Waals surface area contributed by atoms with Crippen molar-refractivity contribution in [2.45, 2.75) is 19.0 Å². The van der Waals surface area contributed by atoms with Crippen LogP contribution in [0.2, 0.25) is 0 Å². The SMILES string of the molecule is COC(=O)Nc1cccc(C(=O)OCC2CCN(CC(F)(F)F)CC2)c1. The van der Waals surface area contributed by atoms with Crippen molar-refractivity contribution in [3.05, 3.63) is 29.8 Å². The number of piperidine rings is 1. The number of rotatable bonds is 5. The van der Waals surface area contributed by atoms with Gasteiger partial charge in [0, 0.05) is 5.69 Å². The lowest BCUT2D eigenvalue weighted by atomic mass is 9.98. The van der Waals surface area contributed by atoms with Gasteiger partial charge in [0.05, 0.1) is 25.8 Å². The van der Waals surface area contributed by atoms with Crippen molar-refractivity contribution in [3.63, 3.8) is 0 Å². The summed E-state index contributed by atoms with van der Waals surface area (Å²) in [6.07, 6.45) is -3.75. The van der Waals surface area contributed by atoms with Crippen LogP contribution in [0.15, 0.2) is 24.3 Å². The lowest BCUT2D eigenvalue weighted by Crippen LogP contribution is -2.40. The molecule has 6 nitrogen and oxygen atoms in total. The number of ether oxygens (including phenoxy) is 2. The van der Waals surface area contributed by atoms with E-state index in [1.807, 2.05) is 0 Å². The number of methoxy groups -OCH3 is 1. The van der Waals surface area contributed by atoms with Gasteiger partial charge in [-0.25, -0.2) is 9.59 Å². The van der Waals surface area contributed by atoms with Gasteiger partial charge in [0.25, 0.3) is 0 Å². The van der Waals surface area contributed by atoms with E-state index in [2.05, 4.69) is 10.1 Å². The Morgan fingerprint density at radius 2 is 1.96 bits per heavy atom. The predicted molar refractivity (Wildman–Crippen MR) is 88.0 cm³/mol. The number of amides is 1. The molecule has 0 saturated carbocycles. The van der Waals surface area contributed by atoms with Crippen LogP contribution < -0.4 is 5.32 Å².